The van der Waals surface area contributed by atoms with Crippen molar-refractivity contribution in [3.8, 4) is 5.75 Å². The van der Waals surface area contributed by atoms with Crippen molar-refractivity contribution in [1.82, 2.24) is 4.90 Å². The van der Waals surface area contributed by atoms with Gasteiger partial charge in [0.05, 0.1) is 18.3 Å². The minimum Gasteiger partial charge on any atom is -0.479 e. The fourth-order valence-corrected chi connectivity index (χ4v) is 4.57. The Morgan fingerprint density at radius 3 is 2.60 bits per heavy atom. The van der Waals surface area contributed by atoms with E-state index in [0.717, 1.165) is 5.56 Å². The van der Waals surface area contributed by atoms with E-state index in [2.05, 4.69) is 0 Å². The monoisotopic (exact) mass is 483 g/mol. The lowest BCUT2D eigenvalue weighted by atomic mass is 9.84. The predicted molar refractivity (Wildman–Crippen MR) is 129 cm³/mol. The Morgan fingerprint density at radius 1 is 1.23 bits per heavy atom. The van der Waals surface area contributed by atoms with Crippen LogP contribution in [0, 0.1) is 11.2 Å². The van der Waals surface area contributed by atoms with Crippen molar-refractivity contribution in [3.63, 3.8) is 0 Å². The molecule has 1 saturated heterocycles. The lowest BCUT2D eigenvalue weighted by Crippen LogP contribution is -2.31. The molecule has 4 rings (SSSR count). The van der Waals surface area contributed by atoms with Gasteiger partial charge in [-0.3, -0.25) is 10.2 Å². The van der Waals surface area contributed by atoms with Crippen molar-refractivity contribution < 1.29 is 28.9 Å². The number of aliphatic carboxylic acids is 1. The van der Waals surface area contributed by atoms with E-state index in [1.165, 1.54) is 12.1 Å². The van der Waals surface area contributed by atoms with Crippen LogP contribution in [-0.4, -0.2) is 65.0 Å². The molecule has 2 heterocycles. The van der Waals surface area contributed by atoms with Crippen molar-refractivity contribution in [1.29, 1.82) is 5.41 Å². The zero-order valence-corrected chi connectivity index (χ0v) is 20.1. The van der Waals surface area contributed by atoms with Gasteiger partial charge in [-0.2, -0.15) is 0 Å². The van der Waals surface area contributed by atoms with Crippen molar-refractivity contribution in [3.05, 3.63) is 58.4 Å². The number of aliphatic hydroxyl groups excluding tert-OH is 1. The Bertz CT molecular complexity index is 1190. The second kappa shape index (κ2) is 9.30. The minimum atomic E-state index is -1.11. The summed E-state index contributed by atoms with van der Waals surface area (Å²) in [6, 6.07) is 7.69. The van der Waals surface area contributed by atoms with Gasteiger partial charge in [0.1, 0.15) is 17.4 Å². The molecule has 2 aromatic rings. The van der Waals surface area contributed by atoms with Crippen LogP contribution < -0.4 is 9.64 Å². The van der Waals surface area contributed by atoms with Crippen molar-refractivity contribution in [2.24, 2.45) is 0 Å². The van der Waals surface area contributed by atoms with Crippen LogP contribution in [0.3, 0.4) is 0 Å². The van der Waals surface area contributed by atoms with Crippen molar-refractivity contribution >= 4 is 23.3 Å². The fourth-order valence-electron chi connectivity index (χ4n) is 4.57. The largest absolute Gasteiger partial charge is 0.479 e. The average molecular weight is 484 g/mol. The summed E-state index contributed by atoms with van der Waals surface area (Å²) >= 11 is 0. The van der Waals surface area contributed by atoms with Gasteiger partial charge in [-0.25, -0.2) is 9.18 Å². The van der Waals surface area contributed by atoms with Crippen LogP contribution in [0.15, 0.2) is 30.3 Å². The topological polar surface area (TPSA) is 114 Å². The number of carbonyl (C=O) groups excluding carboxylic acids is 1. The summed E-state index contributed by atoms with van der Waals surface area (Å²) in [6.45, 7) is 6.51. The number of fused-ring (bicyclic) bond motifs is 1. The number of amidine groups is 1. The Balaban J connectivity index is 1.69. The number of nitrogens with one attached hydrogen (secondary N) is 1. The number of aliphatic hydroxyl groups is 1. The molecule has 0 saturated carbocycles. The van der Waals surface area contributed by atoms with Gasteiger partial charge in [-0.15, -0.1) is 0 Å². The molecule has 2 aliphatic heterocycles. The van der Waals surface area contributed by atoms with Gasteiger partial charge in [0.25, 0.3) is 0 Å². The Kier molecular flexibility index (Phi) is 6.55. The molecule has 1 unspecified atom stereocenters. The van der Waals surface area contributed by atoms with Gasteiger partial charge in [-0.1, -0.05) is 26.8 Å². The lowest BCUT2D eigenvalue weighted by molar-refractivity contribution is -0.139. The summed E-state index contributed by atoms with van der Waals surface area (Å²) in [6.07, 6.45) is 0.0324. The summed E-state index contributed by atoms with van der Waals surface area (Å²) in [5.41, 5.74) is 2.47. The first-order valence-electron chi connectivity index (χ1n) is 11.6. The number of benzene rings is 2. The number of β-amino-alcohol motifs (C(OH)–C–C–N with tert-alkyl or cyclic N) is 1. The number of ketones is 1. The zero-order chi connectivity index (χ0) is 25.5. The van der Waals surface area contributed by atoms with Crippen molar-refractivity contribution in [2.75, 3.05) is 31.1 Å². The van der Waals surface area contributed by atoms with Gasteiger partial charge in [0.2, 0.25) is 0 Å². The molecule has 0 aliphatic carbocycles. The zero-order valence-electron chi connectivity index (χ0n) is 20.1. The fraction of sp³-hybridized carbons (Fsp3) is 0.423. The lowest BCUT2D eigenvalue weighted by Gasteiger charge is -2.29. The SMILES string of the molecule is CC(C)(C)c1cc(C(=O)CN2Cc3ccc(F)cc3C2=N)cc(N2CCC(O)C2)c1OCC(=O)O. The van der Waals surface area contributed by atoms with Gasteiger partial charge >= 0.3 is 5.97 Å². The number of Topliss-reactive ketones (excluding diaryl/α,β-unsaturated/α-hetero) is 1. The summed E-state index contributed by atoms with van der Waals surface area (Å²) in [5.74, 6) is -1.26. The van der Waals surface area contributed by atoms with E-state index in [0.29, 0.717) is 54.2 Å². The van der Waals surface area contributed by atoms with Gasteiger partial charge in [-0.05, 0) is 41.7 Å². The molecule has 8 nitrogen and oxygen atoms in total. The Hall–Kier alpha value is -3.46. The number of ether oxygens (including phenoxy) is 1. The third-order valence-corrected chi connectivity index (χ3v) is 6.38. The third kappa shape index (κ3) is 5.14. The molecule has 3 N–H and O–H groups in total. The van der Waals surface area contributed by atoms with Crippen LogP contribution in [0.4, 0.5) is 10.1 Å². The molecule has 0 spiro atoms. The summed E-state index contributed by atoms with van der Waals surface area (Å²) < 4.78 is 19.4. The van der Waals surface area contributed by atoms with Crippen LogP contribution in [0.2, 0.25) is 0 Å². The van der Waals surface area contributed by atoms with E-state index < -0.39 is 29.9 Å². The average Bonchev–Trinajstić information content (AvgIpc) is 3.34. The number of hydrogen-bond donors (Lipinski definition) is 3. The molecule has 0 amide bonds. The van der Waals surface area contributed by atoms with E-state index in [1.807, 2.05) is 25.7 Å². The molecule has 2 aromatic carbocycles. The normalized spacial score (nSPS) is 17.6. The molecule has 0 aromatic heterocycles. The van der Waals surface area contributed by atoms with E-state index in [4.69, 9.17) is 10.1 Å². The molecule has 35 heavy (non-hydrogen) atoms. The van der Waals surface area contributed by atoms with Crippen LogP contribution in [0.5, 0.6) is 5.75 Å². The summed E-state index contributed by atoms with van der Waals surface area (Å²) in [4.78, 5) is 28.2. The molecule has 1 atom stereocenters. The molecule has 186 valence electrons. The number of carboxylic acid groups (broad SMARTS) is 1. The van der Waals surface area contributed by atoms with E-state index in [9.17, 15) is 24.2 Å². The molecule has 1 fully saturated rings. The minimum absolute atomic E-state index is 0.0594. The van der Waals surface area contributed by atoms with Gasteiger partial charge in [0, 0.05) is 36.3 Å². The first-order chi connectivity index (χ1) is 16.4. The highest BCUT2D eigenvalue weighted by atomic mass is 19.1. The first-order valence-corrected chi connectivity index (χ1v) is 11.6. The highest BCUT2D eigenvalue weighted by molar-refractivity contribution is 6.05. The maximum Gasteiger partial charge on any atom is 0.341 e. The number of hydrogen-bond acceptors (Lipinski definition) is 6. The molecule has 9 heteroatoms. The molecule has 0 bridgehead atoms. The second-order valence-corrected chi connectivity index (χ2v) is 10.1. The number of nitrogens with zero attached hydrogens (tertiary/aromatic N) is 2. The maximum absolute atomic E-state index is 13.7. The number of carbonyl (C=O) groups is 2. The van der Waals surface area contributed by atoms with Gasteiger partial charge < -0.3 is 24.7 Å². The summed E-state index contributed by atoms with van der Waals surface area (Å²) in [5, 5.41) is 27.7. The Labute approximate surface area is 203 Å². The van der Waals surface area contributed by atoms with Crippen molar-refractivity contribution in [2.45, 2.75) is 45.3 Å². The maximum atomic E-state index is 13.7. The second-order valence-electron chi connectivity index (χ2n) is 10.1. The summed E-state index contributed by atoms with van der Waals surface area (Å²) in [7, 11) is 0. The van der Waals surface area contributed by atoms with E-state index >= 15 is 0 Å². The standard InChI is InChI=1S/C26H30FN3O5/c1-26(2,3)20-8-16(9-21(24(20)35-14-23(33)34)29-7-6-18(31)12-29)22(32)13-30-11-15-4-5-17(27)10-19(15)25(30)28/h4-5,8-10,18,28,31H,6-7,11-14H2,1-3H3,(H,33,34). The smallest absolute Gasteiger partial charge is 0.341 e. The first kappa shape index (κ1) is 24.7. The number of carboxylic acids is 1. The van der Waals surface area contributed by atoms with Gasteiger partial charge in [0.15, 0.2) is 12.4 Å². The third-order valence-electron chi connectivity index (χ3n) is 6.38. The highest BCUT2D eigenvalue weighted by Crippen LogP contribution is 2.41. The molecule has 2 aliphatic rings. The predicted octanol–water partition coefficient (Wildman–Crippen LogP) is 3.18. The van der Waals surface area contributed by atoms with E-state index in [1.54, 1.807) is 23.1 Å². The van der Waals surface area contributed by atoms with Crippen LogP contribution >= 0.6 is 0 Å². The quantitative estimate of drug-likeness (QED) is 0.518. The molecule has 0 radical (unpaired) electrons. The molecular weight excluding hydrogens is 453 g/mol. The van der Waals surface area contributed by atoms with E-state index in [-0.39, 0.29) is 18.2 Å². The van der Waals surface area contributed by atoms with Crippen LogP contribution in [0.25, 0.3) is 0 Å². The van der Waals surface area contributed by atoms with Crippen LogP contribution in [0.1, 0.15) is 54.2 Å². The number of halogens is 1. The number of anilines is 1. The van der Waals surface area contributed by atoms with Crippen LogP contribution in [-0.2, 0) is 16.8 Å². The molecular formula is C26H30FN3O5. The highest BCUT2D eigenvalue weighted by Gasteiger charge is 2.31. The number of rotatable bonds is 7. The Morgan fingerprint density at radius 2 is 1.97 bits per heavy atom.